The van der Waals surface area contributed by atoms with Gasteiger partial charge in [0.1, 0.15) is 10.5 Å². The number of benzene rings is 1. The highest BCUT2D eigenvalue weighted by atomic mass is 35.5. The van der Waals surface area contributed by atoms with Crippen LogP contribution in [0.3, 0.4) is 0 Å². The van der Waals surface area contributed by atoms with Crippen molar-refractivity contribution >= 4 is 47.6 Å². The van der Waals surface area contributed by atoms with Gasteiger partial charge in [0.05, 0.1) is 11.0 Å². The van der Waals surface area contributed by atoms with Crippen molar-refractivity contribution in [3.05, 3.63) is 58.1 Å². The lowest BCUT2D eigenvalue weighted by molar-refractivity contribution is 1.03. The Morgan fingerprint density at radius 2 is 1.84 bits per heavy atom. The van der Waals surface area contributed by atoms with Crippen LogP contribution in [0.25, 0.3) is 12.2 Å². The number of aromatic amines is 1. The maximum Gasteiger partial charge on any atom is 0.106 e. The molecule has 0 bridgehead atoms. The second-order valence-corrected chi connectivity index (χ2v) is 4.85. The third-order valence-corrected chi connectivity index (χ3v) is 2.35. The van der Waals surface area contributed by atoms with E-state index in [1.54, 1.807) is 0 Å². The summed E-state index contributed by atoms with van der Waals surface area (Å²) in [4.78, 5) is 7.32. The molecule has 2 rings (SSSR count). The summed E-state index contributed by atoms with van der Waals surface area (Å²) in [6, 6.07) is 12.0. The van der Waals surface area contributed by atoms with Gasteiger partial charge in [-0.1, -0.05) is 48.6 Å². The minimum Gasteiger partial charge on any atom is -0.335 e. The molecule has 0 radical (unpaired) electrons. The summed E-state index contributed by atoms with van der Waals surface area (Å²) in [5.41, 5.74) is 2.03. The van der Waals surface area contributed by atoms with Gasteiger partial charge in [-0.25, -0.2) is 4.98 Å². The largest absolute Gasteiger partial charge is 0.335 e. The molecule has 5 heteroatoms. The predicted octanol–water partition coefficient (Wildman–Crippen LogP) is 5.04. The van der Waals surface area contributed by atoms with Crippen molar-refractivity contribution in [2.75, 3.05) is 5.34 Å². The Bertz CT molecular complexity index is 579. The van der Waals surface area contributed by atoms with Gasteiger partial charge >= 0.3 is 0 Å². The fourth-order valence-corrected chi connectivity index (χ4v) is 1.70. The number of aryl methyl sites for hydroxylation is 1. The van der Waals surface area contributed by atoms with Crippen LogP contribution >= 0.6 is 35.4 Å². The number of alkyl halides is 2. The number of H-pyrrole nitrogens is 1. The van der Waals surface area contributed by atoms with Crippen LogP contribution in [0.1, 0.15) is 17.1 Å². The van der Waals surface area contributed by atoms with Gasteiger partial charge in [-0.3, -0.25) is 0 Å². The Morgan fingerprint density at radius 3 is 2.42 bits per heavy atom. The van der Waals surface area contributed by atoms with E-state index in [4.69, 9.17) is 35.4 Å². The average molecular weight is 313 g/mol. The SMILES string of the molecule is Cc1nc(C=Cc2ccccc2)cc(=S)[nH]1.ClCCl. The summed E-state index contributed by atoms with van der Waals surface area (Å²) in [6.07, 6.45) is 3.99. The molecular formula is C14H14Cl2N2S. The van der Waals surface area contributed by atoms with Gasteiger partial charge in [-0.05, 0) is 24.6 Å². The molecule has 0 aliphatic rings. The van der Waals surface area contributed by atoms with Crippen molar-refractivity contribution in [3.63, 3.8) is 0 Å². The van der Waals surface area contributed by atoms with Crippen molar-refractivity contribution < 1.29 is 0 Å². The first-order valence-corrected chi connectivity index (χ1v) is 7.06. The molecule has 0 atom stereocenters. The molecule has 0 spiro atoms. The van der Waals surface area contributed by atoms with Crippen molar-refractivity contribution in [1.29, 1.82) is 0 Å². The molecule has 0 unspecified atom stereocenters. The van der Waals surface area contributed by atoms with E-state index in [2.05, 4.69) is 9.97 Å². The number of halogens is 2. The van der Waals surface area contributed by atoms with Gasteiger partial charge in [-0.2, -0.15) is 0 Å². The minimum atomic E-state index is 0.194. The average Bonchev–Trinajstić information content (AvgIpc) is 2.37. The van der Waals surface area contributed by atoms with Crippen LogP contribution < -0.4 is 0 Å². The summed E-state index contributed by atoms with van der Waals surface area (Å²) >= 11 is 14.6. The van der Waals surface area contributed by atoms with E-state index in [9.17, 15) is 0 Å². The summed E-state index contributed by atoms with van der Waals surface area (Å²) < 4.78 is 0.709. The van der Waals surface area contributed by atoms with Crippen LogP contribution in [0.15, 0.2) is 36.4 Å². The van der Waals surface area contributed by atoms with E-state index in [-0.39, 0.29) is 5.34 Å². The number of nitrogens with one attached hydrogen (secondary N) is 1. The van der Waals surface area contributed by atoms with Gasteiger partial charge in [0, 0.05) is 0 Å². The Hall–Kier alpha value is -1.16. The van der Waals surface area contributed by atoms with Crippen molar-refractivity contribution in [1.82, 2.24) is 9.97 Å². The van der Waals surface area contributed by atoms with Gasteiger partial charge in [0.2, 0.25) is 0 Å². The molecule has 0 aliphatic carbocycles. The minimum absolute atomic E-state index is 0.194. The van der Waals surface area contributed by atoms with E-state index in [1.807, 2.05) is 55.5 Å². The third-order valence-electron chi connectivity index (χ3n) is 2.13. The van der Waals surface area contributed by atoms with E-state index in [1.165, 1.54) is 0 Å². The van der Waals surface area contributed by atoms with E-state index >= 15 is 0 Å². The normalized spacial score (nSPS) is 10.1. The number of rotatable bonds is 2. The fourth-order valence-electron chi connectivity index (χ4n) is 1.43. The quantitative estimate of drug-likeness (QED) is 0.621. The molecule has 0 aliphatic heterocycles. The van der Waals surface area contributed by atoms with Gasteiger partial charge < -0.3 is 4.98 Å². The van der Waals surface area contributed by atoms with Crippen LogP contribution in [-0.4, -0.2) is 15.3 Å². The number of hydrogen-bond acceptors (Lipinski definition) is 2. The lowest BCUT2D eigenvalue weighted by Crippen LogP contribution is -1.89. The molecule has 100 valence electrons. The molecule has 1 aromatic carbocycles. The fraction of sp³-hybridized carbons (Fsp3) is 0.143. The summed E-state index contributed by atoms with van der Waals surface area (Å²) in [5, 5.41) is 0.194. The van der Waals surface area contributed by atoms with E-state index < -0.39 is 0 Å². The Balaban J connectivity index is 0.000000550. The van der Waals surface area contributed by atoms with Gasteiger partial charge in [-0.15, -0.1) is 23.2 Å². The lowest BCUT2D eigenvalue weighted by Gasteiger charge is -1.96. The topological polar surface area (TPSA) is 28.7 Å². The van der Waals surface area contributed by atoms with Crippen molar-refractivity contribution in [2.24, 2.45) is 0 Å². The van der Waals surface area contributed by atoms with Crippen molar-refractivity contribution in [2.45, 2.75) is 6.92 Å². The monoisotopic (exact) mass is 312 g/mol. The first kappa shape index (κ1) is 15.9. The molecule has 0 saturated carbocycles. The second-order valence-electron chi connectivity index (χ2n) is 3.60. The number of aromatic nitrogens is 2. The lowest BCUT2D eigenvalue weighted by atomic mass is 10.2. The molecular weight excluding hydrogens is 299 g/mol. The van der Waals surface area contributed by atoms with Crippen LogP contribution in [-0.2, 0) is 0 Å². The molecule has 2 aromatic rings. The van der Waals surface area contributed by atoms with Gasteiger partial charge in [0.25, 0.3) is 0 Å². The molecule has 1 heterocycles. The molecule has 0 amide bonds. The van der Waals surface area contributed by atoms with Crippen LogP contribution in [0.2, 0.25) is 0 Å². The molecule has 0 fully saturated rings. The van der Waals surface area contributed by atoms with E-state index in [0.717, 1.165) is 17.1 Å². The number of hydrogen-bond donors (Lipinski definition) is 1. The predicted molar refractivity (Wildman–Crippen MR) is 86.1 cm³/mol. The summed E-state index contributed by atoms with van der Waals surface area (Å²) in [7, 11) is 0. The van der Waals surface area contributed by atoms with E-state index in [0.29, 0.717) is 4.64 Å². The highest BCUT2D eigenvalue weighted by Crippen LogP contribution is 2.06. The molecule has 19 heavy (non-hydrogen) atoms. The van der Waals surface area contributed by atoms with Gasteiger partial charge in [0.15, 0.2) is 0 Å². The standard InChI is InChI=1S/C13H12N2S.CH2Cl2/c1-10-14-12(9-13(16)15-10)8-7-11-5-3-2-4-6-11;2-1-3/h2-9H,1H3,(H,14,15,16);1H2. The highest BCUT2D eigenvalue weighted by molar-refractivity contribution is 7.71. The third kappa shape index (κ3) is 6.53. The Morgan fingerprint density at radius 1 is 1.21 bits per heavy atom. The molecule has 1 aromatic heterocycles. The smallest absolute Gasteiger partial charge is 0.106 e. The Kier molecular flexibility index (Phi) is 7.41. The first-order valence-electron chi connectivity index (χ1n) is 5.58. The summed E-state index contributed by atoms with van der Waals surface area (Å²) in [5.74, 6) is 0.834. The first-order chi connectivity index (χ1) is 9.15. The maximum absolute atomic E-state index is 5.09. The molecule has 2 nitrogen and oxygen atoms in total. The van der Waals surface area contributed by atoms with Crippen molar-refractivity contribution in [3.8, 4) is 0 Å². The zero-order chi connectivity index (χ0) is 14.1. The van der Waals surface area contributed by atoms with Crippen LogP contribution in [0.4, 0.5) is 0 Å². The molecule has 1 N–H and O–H groups in total. The van der Waals surface area contributed by atoms with Crippen LogP contribution in [0.5, 0.6) is 0 Å². The maximum atomic E-state index is 5.09. The van der Waals surface area contributed by atoms with Crippen LogP contribution in [0, 0.1) is 11.6 Å². The zero-order valence-corrected chi connectivity index (χ0v) is 12.8. The number of nitrogens with zero attached hydrogens (tertiary/aromatic N) is 1. The highest BCUT2D eigenvalue weighted by Gasteiger charge is 1.91. The second kappa shape index (κ2) is 8.86. The zero-order valence-electron chi connectivity index (χ0n) is 10.4. The summed E-state index contributed by atoms with van der Waals surface area (Å²) in [6.45, 7) is 1.90. The Labute approximate surface area is 128 Å². The molecule has 0 saturated heterocycles.